The van der Waals surface area contributed by atoms with Gasteiger partial charge in [0.2, 0.25) is 0 Å². The van der Waals surface area contributed by atoms with Gasteiger partial charge in [0.1, 0.15) is 10.8 Å². The zero-order valence-electron chi connectivity index (χ0n) is 12.8. The first-order chi connectivity index (χ1) is 10.6. The summed E-state index contributed by atoms with van der Waals surface area (Å²) in [4.78, 5) is 12.5. The maximum absolute atomic E-state index is 12.3. The van der Waals surface area contributed by atoms with Gasteiger partial charge in [-0.2, -0.15) is 0 Å². The molecule has 0 aliphatic heterocycles. The summed E-state index contributed by atoms with van der Waals surface area (Å²) in [6.07, 6.45) is 1.15. The summed E-state index contributed by atoms with van der Waals surface area (Å²) in [5.74, 6) is -0.319. The molecule has 0 unspecified atom stereocenters. The van der Waals surface area contributed by atoms with Gasteiger partial charge in [-0.3, -0.25) is 4.79 Å². The highest BCUT2D eigenvalue weighted by atomic mass is 35.5. The van der Waals surface area contributed by atoms with Crippen molar-refractivity contribution < 1.29 is 13.2 Å². The van der Waals surface area contributed by atoms with Gasteiger partial charge in [0.05, 0.1) is 16.0 Å². The summed E-state index contributed by atoms with van der Waals surface area (Å²) < 4.78 is 24.4. The minimum absolute atomic E-state index is 0.237. The molecule has 5 nitrogen and oxygen atoms in total. The fourth-order valence-corrected chi connectivity index (χ4v) is 3.12. The van der Waals surface area contributed by atoms with Gasteiger partial charge in [-0.05, 0) is 30.7 Å². The largest absolute Gasteiger partial charge is 0.344 e. The Balaban J connectivity index is 2.16. The number of hydrogen-bond donors (Lipinski definition) is 1. The van der Waals surface area contributed by atoms with E-state index in [0.29, 0.717) is 15.9 Å². The van der Waals surface area contributed by atoms with E-state index in [0.717, 1.165) is 11.8 Å². The topological polar surface area (TPSA) is 68.2 Å². The van der Waals surface area contributed by atoms with Crippen LogP contribution in [0.2, 0.25) is 10.2 Å². The number of amides is 1. The van der Waals surface area contributed by atoms with Crippen LogP contribution in [0, 0.1) is 0 Å². The molecule has 1 amide bonds. The molecule has 2 rings (SSSR count). The second-order valence-electron chi connectivity index (χ2n) is 5.26. The third-order valence-electron chi connectivity index (χ3n) is 3.50. The average Bonchev–Trinajstić information content (AvgIpc) is 2.74. The minimum atomic E-state index is -3.24. The van der Waals surface area contributed by atoms with Crippen LogP contribution in [0.15, 0.2) is 35.2 Å². The fourth-order valence-electron chi connectivity index (χ4n) is 2.12. The van der Waals surface area contributed by atoms with E-state index in [4.69, 9.17) is 23.2 Å². The Bertz CT molecular complexity index is 842. The van der Waals surface area contributed by atoms with E-state index in [1.165, 1.54) is 22.8 Å². The Labute approximate surface area is 145 Å². The van der Waals surface area contributed by atoms with E-state index in [1.807, 2.05) is 0 Å². The summed E-state index contributed by atoms with van der Waals surface area (Å²) in [5, 5.41) is 3.43. The van der Waals surface area contributed by atoms with Crippen molar-refractivity contribution in [2.24, 2.45) is 7.05 Å². The predicted octanol–water partition coefficient (Wildman–Crippen LogP) is 3.23. The standard InChI is InChI=1S/C15H16Cl2N2O3S/c1-9(10-4-6-11(7-5-10)23(3,21)22)18-15(20)13-8-12(16)14(17)19(13)2/h4-9H,1-3H3,(H,18,20)/t9-/m1/s1. The lowest BCUT2D eigenvalue weighted by molar-refractivity contribution is 0.0931. The molecule has 1 atom stereocenters. The molecule has 1 heterocycles. The second-order valence-corrected chi connectivity index (χ2v) is 8.04. The van der Waals surface area contributed by atoms with Crippen LogP contribution in [-0.2, 0) is 16.9 Å². The van der Waals surface area contributed by atoms with Crippen molar-refractivity contribution in [3.63, 3.8) is 0 Å². The normalized spacial score (nSPS) is 12.9. The quantitative estimate of drug-likeness (QED) is 0.892. The molecule has 0 aliphatic carbocycles. The monoisotopic (exact) mass is 374 g/mol. The van der Waals surface area contributed by atoms with Crippen LogP contribution in [-0.4, -0.2) is 25.1 Å². The van der Waals surface area contributed by atoms with Gasteiger partial charge in [-0.25, -0.2) is 8.42 Å². The second kappa shape index (κ2) is 6.55. The van der Waals surface area contributed by atoms with Gasteiger partial charge in [0.25, 0.3) is 5.91 Å². The maximum atomic E-state index is 12.3. The van der Waals surface area contributed by atoms with Crippen LogP contribution in [0.25, 0.3) is 0 Å². The molecule has 1 aromatic carbocycles. The average molecular weight is 375 g/mol. The van der Waals surface area contributed by atoms with E-state index < -0.39 is 9.84 Å². The number of carbonyl (C=O) groups excluding carboxylic acids is 1. The number of halogens is 2. The number of aromatic nitrogens is 1. The molecule has 1 aromatic heterocycles. The fraction of sp³-hybridized carbons (Fsp3) is 0.267. The van der Waals surface area contributed by atoms with Gasteiger partial charge in [-0.1, -0.05) is 35.3 Å². The Morgan fingerprint density at radius 1 is 1.22 bits per heavy atom. The number of rotatable bonds is 4. The van der Waals surface area contributed by atoms with Crippen molar-refractivity contribution in [1.29, 1.82) is 0 Å². The van der Waals surface area contributed by atoms with Crippen molar-refractivity contribution in [3.8, 4) is 0 Å². The van der Waals surface area contributed by atoms with E-state index in [9.17, 15) is 13.2 Å². The summed E-state index contributed by atoms with van der Waals surface area (Å²) in [5.41, 5.74) is 1.14. The van der Waals surface area contributed by atoms with Gasteiger partial charge in [0, 0.05) is 13.3 Å². The van der Waals surface area contributed by atoms with Crippen LogP contribution in [0.5, 0.6) is 0 Å². The van der Waals surface area contributed by atoms with Crippen molar-refractivity contribution in [3.05, 3.63) is 51.8 Å². The molecule has 0 radical (unpaired) electrons. The lowest BCUT2D eigenvalue weighted by Crippen LogP contribution is -2.28. The highest BCUT2D eigenvalue weighted by molar-refractivity contribution is 7.90. The number of hydrogen-bond acceptors (Lipinski definition) is 3. The van der Waals surface area contributed by atoms with Gasteiger partial charge in [0.15, 0.2) is 9.84 Å². The number of carbonyl (C=O) groups is 1. The Morgan fingerprint density at radius 3 is 2.22 bits per heavy atom. The van der Waals surface area contributed by atoms with Crippen molar-refractivity contribution >= 4 is 38.9 Å². The van der Waals surface area contributed by atoms with Gasteiger partial charge < -0.3 is 9.88 Å². The van der Waals surface area contributed by atoms with Crippen molar-refractivity contribution in [2.75, 3.05) is 6.26 Å². The lowest BCUT2D eigenvalue weighted by atomic mass is 10.1. The third kappa shape index (κ3) is 3.88. The van der Waals surface area contributed by atoms with Gasteiger partial charge >= 0.3 is 0 Å². The first kappa shape index (κ1) is 17.8. The van der Waals surface area contributed by atoms with Crippen LogP contribution >= 0.6 is 23.2 Å². The molecule has 124 valence electrons. The van der Waals surface area contributed by atoms with E-state index >= 15 is 0 Å². The highest BCUT2D eigenvalue weighted by Crippen LogP contribution is 2.25. The Kier molecular flexibility index (Phi) is 5.08. The molecule has 0 spiro atoms. The summed E-state index contributed by atoms with van der Waals surface area (Å²) in [7, 11) is -1.59. The first-order valence-corrected chi connectivity index (χ1v) is 9.37. The van der Waals surface area contributed by atoms with Crippen LogP contribution in [0.3, 0.4) is 0 Å². The molecule has 2 aromatic rings. The zero-order chi connectivity index (χ0) is 17.4. The Morgan fingerprint density at radius 2 is 1.78 bits per heavy atom. The minimum Gasteiger partial charge on any atom is -0.344 e. The number of nitrogens with one attached hydrogen (secondary N) is 1. The van der Waals surface area contributed by atoms with E-state index in [1.54, 1.807) is 26.1 Å². The summed E-state index contributed by atoms with van der Waals surface area (Å²) in [6.45, 7) is 1.81. The molecule has 0 saturated heterocycles. The molecule has 0 fully saturated rings. The molecule has 0 aliphatic rings. The molecular weight excluding hydrogens is 359 g/mol. The summed E-state index contributed by atoms with van der Waals surface area (Å²) in [6, 6.07) is 7.58. The maximum Gasteiger partial charge on any atom is 0.268 e. The van der Waals surface area contributed by atoms with Crippen LogP contribution < -0.4 is 5.32 Å². The molecule has 0 bridgehead atoms. The zero-order valence-corrected chi connectivity index (χ0v) is 15.1. The molecular formula is C15H16Cl2N2O3S. The van der Waals surface area contributed by atoms with Crippen molar-refractivity contribution in [1.82, 2.24) is 9.88 Å². The van der Waals surface area contributed by atoms with Crippen LogP contribution in [0.1, 0.15) is 29.0 Å². The SMILES string of the molecule is C[C@@H](NC(=O)c1cc(Cl)c(Cl)n1C)c1ccc(S(C)(=O)=O)cc1. The highest BCUT2D eigenvalue weighted by Gasteiger charge is 2.18. The van der Waals surface area contributed by atoms with Crippen LogP contribution in [0.4, 0.5) is 0 Å². The number of sulfone groups is 1. The summed E-state index contributed by atoms with van der Waals surface area (Å²) >= 11 is 11.9. The lowest BCUT2D eigenvalue weighted by Gasteiger charge is -2.15. The van der Waals surface area contributed by atoms with Crippen molar-refractivity contribution in [2.45, 2.75) is 17.9 Å². The number of nitrogens with zero attached hydrogens (tertiary/aromatic N) is 1. The Hall–Kier alpha value is -1.50. The number of benzene rings is 1. The third-order valence-corrected chi connectivity index (χ3v) is 5.48. The molecule has 0 saturated carbocycles. The van der Waals surface area contributed by atoms with E-state index in [2.05, 4.69) is 5.32 Å². The molecule has 1 N–H and O–H groups in total. The first-order valence-electron chi connectivity index (χ1n) is 6.73. The molecule has 23 heavy (non-hydrogen) atoms. The van der Waals surface area contributed by atoms with E-state index in [-0.39, 0.29) is 16.8 Å². The smallest absolute Gasteiger partial charge is 0.268 e. The predicted molar refractivity (Wildman–Crippen MR) is 90.9 cm³/mol. The molecule has 8 heteroatoms. The van der Waals surface area contributed by atoms with Gasteiger partial charge in [-0.15, -0.1) is 0 Å².